The Hall–Kier alpha value is -0.740. The van der Waals surface area contributed by atoms with Gasteiger partial charge in [-0.15, -0.1) is 0 Å². The van der Waals surface area contributed by atoms with Crippen LogP contribution in [0.2, 0.25) is 0 Å². The first-order valence-corrected chi connectivity index (χ1v) is 6.38. The van der Waals surface area contributed by atoms with Crippen molar-refractivity contribution >= 4 is 11.8 Å². The van der Waals surface area contributed by atoms with E-state index in [1.807, 2.05) is 30.9 Å². The van der Waals surface area contributed by atoms with Crippen LogP contribution in [-0.4, -0.2) is 31.2 Å². The lowest BCUT2D eigenvalue weighted by Gasteiger charge is -2.17. The first kappa shape index (κ1) is 12.3. The van der Waals surface area contributed by atoms with Crippen LogP contribution in [-0.2, 0) is 0 Å². The van der Waals surface area contributed by atoms with Gasteiger partial charge in [0.1, 0.15) is 5.75 Å². The lowest BCUT2D eigenvalue weighted by molar-refractivity contribution is 0.396. The Labute approximate surface area is 95.6 Å². The van der Waals surface area contributed by atoms with Gasteiger partial charge in [0.25, 0.3) is 0 Å². The number of nitrogens with one attached hydrogen (secondary N) is 1. The molecule has 0 radical (unpaired) electrons. The van der Waals surface area contributed by atoms with Gasteiger partial charge in [0.2, 0.25) is 0 Å². The van der Waals surface area contributed by atoms with Crippen molar-refractivity contribution in [2.24, 2.45) is 0 Å². The topological polar surface area (TPSA) is 34.2 Å². The van der Waals surface area contributed by atoms with E-state index in [0.29, 0.717) is 0 Å². The molecule has 1 unspecified atom stereocenters. The average Bonchev–Trinajstić information content (AvgIpc) is 2.30. The van der Waals surface area contributed by atoms with Gasteiger partial charge >= 0.3 is 0 Å². The molecule has 1 aromatic heterocycles. The molecule has 0 saturated carbocycles. The SMILES string of the molecule is CNC(CCSC)c1ncccc1OC. The van der Waals surface area contributed by atoms with Crippen molar-refractivity contribution in [2.75, 3.05) is 26.2 Å². The molecule has 0 saturated heterocycles. The summed E-state index contributed by atoms with van der Waals surface area (Å²) in [6, 6.07) is 4.11. The summed E-state index contributed by atoms with van der Waals surface area (Å²) >= 11 is 1.84. The predicted octanol–water partition coefficient (Wildman–Crippen LogP) is 2.10. The third-order valence-corrected chi connectivity index (χ3v) is 2.95. The minimum absolute atomic E-state index is 0.272. The highest BCUT2D eigenvalue weighted by atomic mass is 32.2. The zero-order valence-electron chi connectivity index (χ0n) is 9.49. The highest BCUT2D eigenvalue weighted by molar-refractivity contribution is 7.98. The Bertz CT molecular complexity index is 294. The number of aromatic nitrogens is 1. The van der Waals surface area contributed by atoms with Crippen LogP contribution >= 0.6 is 11.8 Å². The fraction of sp³-hybridized carbons (Fsp3) is 0.545. The van der Waals surface area contributed by atoms with Gasteiger partial charge in [-0.3, -0.25) is 4.98 Å². The molecule has 15 heavy (non-hydrogen) atoms. The highest BCUT2D eigenvalue weighted by Crippen LogP contribution is 2.24. The fourth-order valence-corrected chi connectivity index (χ4v) is 1.96. The summed E-state index contributed by atoms with van der Waals surface area (Å²) < 4.78 is 5.30. The smallest absolute Gasteiger partial charge is 0.141 e. The Balaban J connectivity index is 2.80. The molecule has 0 fully saturated rings. The molecule has 0 aromatic carbocycles. The lowest BCUT2D eigenvalue weighted by Crippen LogP contribution is -2.19. The van der Waals surface area contributed by atoms with E-state index >= 15 is 0 Å². The maximum absolute atomic E-state index is 5.30. The van der Waals surface area contributed by atoms with Gasteiger partial charge in [-0.2, -0.15) is 11.8 Å². The van der Waals surface area contributed by atoms with E-state index in [4.69, 9.17) is 4.74 Å². The molecule has 0 amide bonds. The second kappa shape index (κ2) is 6.69. The summed E-state index contributed by atoms with van der Waals surface area (Å²) in [7, 11) is 3.64. The van der Waals surface area contributed by atoms with Gasteiger partial charge in [0, 0.05) is 6.20 Å². The van der Waals surface area contributed by atoms with E-state index in [2.05, 4.69) is 16.6 Å². The van der Waals surface area contributed by atoms with Gasteiger partial charge in [0.15, 0.2) is 0 Å². The summed E-state index contributed by atoms with van der Waals surface area (Å²) in [4.78, 5) is 4.38. The van der Waals surface area contributed by atoms with Crippen molar-refractivity contribution in [3.8, 4) is 5.75 Å². The first-order valence-electron chi connectivity index (χ1n) is 4.98. The molecule has 0 aliphatic carbocycles. The fourth-order valence-electron chi connectivity index (χ4n) is 1.49. The second-order valence-electron chi connectivity index (χ2n) is 3.21. The van der Waals surface area contributed by atoms with Crippen LogP contribution in [0.15, 0.2) is 18.3 Å². The van der Waals surface area contributed by atoms with E-state index in [1.165, 1.54) is 0 Å². The highest BCUT2D eigenvalue weighted by Gasteiger charge is 2.14. The Morgan fingerprint density at radius 2 is 2.40 bits per heavy atom. The number of rotatable bonds is 6. The number of hydrogen-bond donors (Lipinski definition) is 1. The number of hydrogen-bond acceptors (Lipinski definition) is 4. The minimum atomic E-state index is 0.272. The molecule has 0 bridgehead atoms. The van der Waals surface area contributed by atoms with Gasteiger partial charge in [-0.05, 0) is 37.6 Å². The molecular weight excluding hydrogens is 208 g/mol. The van der Waals surface area contributed by atoms with E-state index in [9.17, 15) is 0 Å². The van der Waals surface area contributed by atoms with Crippen LogP contribution in [0.4, 0.5) is 0 Å². The molecule has 1 atom stereocenters. The molecule has 1 rings (SSSR count). The van der Waals surface area contributed by atoms with E-state index in [-0.39, 0.29) is 6.04 Å². The first-order chi connectivity index (χ1) is 7.33. The quantitative estimate of drug-likeness (QED) is 0.805. The zero-order valence-corrected chi connectivity index (χ0v) is 10.3. The average molecular weight is 226 g/mol. The second-order valence-corrected chi connectivity index (χ2v) is 4.20. The predicted molar refractivity (Wildman–Crippen MR) is 65.6 cm³/mol. The number of ether oxygens (including phenoxy) is 1. The molecule has 0 aliphatic heterocycles. The summed E-state index contributed by atoms with van der Waals surface area (Å²) in [6.45, 7) is 0. The van der Waals surface area contributed by atoms with Gasteiger partial charge in [-0.25, -0.2) is 0 Å². The maximum atomic E-state index is 5.30. The van der Waals surface area contributed by atoms with Crippen LogP contribution in [0, 0.1) is 0 Å². The molecule has 0 aliphatic rings. The monoisotopic (exact) mass is 226 g/mol. The molecular formula is C11H18N2OS. The van der Waals surface area contributed by atoms with Crippen LogP contribution in [0.5, 0.6) is 5.75 Å². The number of pyridine rings is 1. The van der Waals surface area contributed by atoms with Crippen molar-refractivity contribution in [2.45, 2.75) is 12.5 Å². The van der Waals surface area contributed by atoms with Crippen molar-refractivity contribution in [1.82, 2.24) is 10.3 Å². The van der Waals surface area contributed by atoms with Crippen LogP contribution in [0.1, 0.15) is 18.2 Å². The Morgan fingerprint density at radius 3 is 3.00 bits per heavy atom. The molecule has 1 N–H and O–H groups in total. The van der Waals surface area contributed by atoms with Crippen LogP contribution < -0.4 is 10.1 Å². The number of thioether (sulfide) groups is 1. The molecule has 1 aromatic rings. The standard InChI is InChI=1S/C11H18N2OS/c1-12-9(6-8-15-3)11-10(14-2)5-4-7-13-11/h4-5,7,9,12H,6,8H2,1-3H3. The van der Waals surface area contributed by atoms with Crippen molar-refractivity contribution in [1.29, 1.82) is 0 Å². The van der Waals surface area contributed by atoms with Crippen LogP contribution in [0.25, 0.3) is 0 Å². The maximum Gasteiger partial charge on any atom is 0.141 e. The molecule has 0 spiro atoms. The summed E-state index contributed by atoms with van der Waals surface area (Å²) in [5, 5.41) is 3.27. The molecule has 84 valence electrons. The number of nitrogens with zero attached hydrogens (tertiary/aromatic N) is 1. The van der Waals surface area contributed by atoms with Crippen molar-refractivity contribution < 1.29 is 4.74 Å². The molecule has 4 heteroatoms. The normalized spacial score (nSPS) is 12.5. The third-order valence-electron chi connectivity index (χ3n) is 2.31. The zero-order chi connectivity index (χ0) is 11.1. The molecule has 3 nitrogen and oxygen atoms in total. The Kier molecular flexibility index (Phi) is 5.50. The molecule has 1 heterocycles. The summed E-state index contributed by atoms with van der Waals surface area (Å²) in [6.07, 6.45) is 4.98. The van der Waals surface area contributed by atoms with Gasteiger partial charge in [-0.1, -0.05) is 0 Å². The summed E-state index contributed by atoms with van der Waals surface area (Å²) in [5.41, 5.74) is 0.997. The van der Waals surface area contributed by atoms with Crippen molar-refractivity contribution in [3.63, 3.8) is 0 Å². The van der Waals surface area contributed by atoms with Crippen molar-refractivity contribution in [3.05, 3.63) is 24.0 Å². The third kappa shape index (κ3) is 3.39. The lowest BCUT2D eigenvalue weighted by atomic mass is 10.1. The van der Waals surface area contributed by atoms with E-state index in [0.717, 1.165) is 23.6 Å². The Morgan fingerprint density at radius 1 is 1.60 bits per heavy atom. The van der Waals surface area contributed by atoms with Crippen LogP contribution in [0.3, 0.4) is 0 Å². The summed E-state index contributed by atoms with van der Waals surface area (Å²) in [5.74, 6) is 1.98. The van der Waals surface area contributed by atoms with E-state index in [1.54, 1.807) is 13.3 Å². The van der Waals surface area contributed by atoms with E-state index < -0.39 is 0 Å². The number of methoxy groups -OCH3 is 1. The largest absolute Gasteiger partial charge is 0.495 e. The van der Waals surface area contributed by atoms with Gasteiger partial charge in [0.05, 0.1) is 18.8 Å². The van der Waals surface area contributed by atoms with Gasteiger partial charge < -0.3 is 10.1 Å². The minimum Gasteiger partial charge on any atom is -0.495 e.